The van der Waals surface area contributed by atoms with E-state index in [0.717, 1.165) is 17.8 Å². The zero-order valence-electron chi connectivity index (χ0n) is 19.8. The molecule has 0 bridgehead atoms. The molecule has 0 saturated heterocycles. The minimum Gasteiger partial charge on any atom is -0.268 e. The van der Waals surface area contributed by atoms with Crippen LogP contribution in [-0.4, -0.2) is 25.2 Å². The van der Waals surface area contributed by atoms with Gasteiger partial charge in [0, 0.05) is 17.3 Å². The maximum absolute atomic E-state index is 13.8. The number of imidazole rings is 1. The van der Waals surface area contributed by atoms with E-state index in [9.17, 15) is 18.0 Å². The van der Waals surface area contributed by atoms with Crippen molar-refractivity contribution in [1.82, 2.24) is 19.3 Å². The van der Waals surface area contributed by atoms with Gasteiger partial charge in [0.15, 0.2) is 5.82 Å². The minimum absolute atomic E-state index is 0.278. The third-order valence-corrected chi connectivity index (χ3v) is 6.25. The fourth-order valence-corrected chi connectivity index (χ4v) is 4.40. The molecule has 0 fully saturated rings. The van der Waals surface area contributed by atoms with Crippen LogP contribution in [0.2, 0.25) is 0 Å². The van der Waals surface area contributed by atoms with Gasteiger partial charge in [-0.1, -0.05) is 60.7 Å². The zero-order chi connectivity index (χ0) is 26.3. The average Bonchev–Trinajstić information content (AvgIpc) is 3.55. The molecule has 0 radical (unpaired) electrons. The first-order valence-corrected chi connectivity index (χ1v) is 11.8. The largest absolute Gasteiger partial charge is 0.416 e. The van der Waals surface area contributed by atoms with Crippen LogP contribution < -0.4 is 0 Å². The van der Waals surface area contributed by atoms with Gasteiger partial charge in [-0.3, -0.25) is 9.36 Å². The molecule has 0 atom stereocenters. The van der Waals surface area contributed by atoms with E-state index in [1.807, 2.05) is 60.7 Å². The smallest absolute Gasteiger partial charge is 0.268 e. The Morgan fingerprint density at radius 2 is 1.37 bits per heavy atom. The van der Waals surface area contributed by atoms with Crippen molar-refractivity contribution < 1.29 is 18.0 Å². The van der Waals surface area contributed by atoms with Gasteiger partial charge in [0.05, 0.1) is 27.8 Å². The van der Waals surface area contributed by atoms with Gasteiger partial charge in [-0.25, -0.2) is 9.67 Å². The average molecular weight is 509 g/mol. The molecule has 8 heteroatoms. The lowest BCUT2D eigenvalue weighted by atomic mass is 10.1. The van der Waals surface area contributed by atoms with Gasteiger partial charge < -0.3 is 0 Å². The second-order valence-corrected chi connectivity index (χ2v) is 8.68. The minimum atomic E-state index is -4.46. The summed E-state index contributed by atoms with van der Waals surface area (Å²) in [6, 6.07) is 30.3. The number of rotatable bonds is 4. The molecule has 6 aromatic rings. The normalized spacial score (nSPS) is 11.7. The van der Waals surface area contributed by atoms with E-state index >= 15 is 0 Å². The van der Waals surface area contributed by atoms with Crippen molar-refractivity contribution >= 4 is 16.9 Å². The second kappa shape index (κ2) is 9.15. The first-order valence-electron chi connectivity index (χ1n) is 11.8. The van der Waals surface area contributed by atoms with Gasteiger partial charge in [0.25, 0.3) is 5.91 Å². The molecule has 186 valence electrons. The molecular formula is C30H19F3N4O. The molecule has 0 unspecified atom stereocenters. The summed E-state index contributed by atoms with van der Waals surface area (Å²) in [7, 11) is 0. The molecule has 0 spiro atoms. The summed E-state index contributed by atoms with van der Waals surface area (Å²) in [5, 5.41) is 4.73. The van der Waals surface area contributed by atoms with Crippen LogP contribution in [0, 0.1) is 0 Å². The highest BCUT2D eigenvalue weighted by atomic mass is 19.4. The van der Waals surface area contributed by atoms with Crippen LogP contribution in [0.25, 0.3) is 39.4 Å². The third-order valence-electron chi connectivity index (χ3n) is 6.25. The summed E-state index contributed by atoms with van der Waals surface area (Å²) in [6.07, 6.45) is -2.71. The summed E-state index contributed by atoms with van der Waals surface area (Å²) in [5.74, 6) is 0.0669. The molecular weight excluding hydrogens is 489 g/mol. The summed E-state index contributed by atoms with van der Waals surface area (Å²) < 4.78 is 42.9. The van der Waals surface area contributed by atoms with Crippen LogP contribution in [0.1, 0.15) is 15.9 Å². The lowest BCUT2D eigenvalue weighted by Crippen LogP contribution is -2.13. The van der Waals surface area contributed by atoms with Crippen molar-refractivity contribution in [3.63, 3.8) is 0 Å². The number of nitrogens with zero attached hydrogens (tertiary/aromatic N) is 4. The van der Waals surface area contributed by atoms with E-state index in [1.54, 1.807) is 35.1 Å². The molecule has 38 heavy (non-hydrogen) atoms. The highest BCUT2D eigenvalue weighted by Crippen LogP contribution is 2.36. The molecule has 0 aliphatic carbocycles. The van der Waals surface area contributed by atoms with Crippen molar-refractivity contribution in [2.45, 2.75) is 6.18 Å². The van der Waals surface area contributed by atoms with Crippen molar-refractivity contribution in [1.29, 1.82) is 0 Å². The maximum Gasteiger partial charge on any atom is 0.416 e. The number of para-hydroxylation sites is 3. The molecule has 0 amide bonds. The predicted octanol–water partition coefficient (Wildman–Crippen LogP) is 7.26. The molecule has 5 nitrogen and oxygen atoms in total. The van der Waals surface area contributed by atoms with Crippen LogP contribution >= 0.6 is 0 Å². The first kappa shape index (κ1) is 23.4. The summed E-state index contributed by atoms with van der Waals surface area (Å²) in [4.78, 5) is 18.6. The lowest BCUT2D eigenvalue weighted by molar-refractivity contribution is -0.137. The van der Waals surface area contributed by atoms with E-state index in [4.69, 9.17) is 10.1 Å². The van der Waals surface area contributed by atoms with Crippen LogP contribution in [0.15, 0.2) is 115 Å². The number of hydrogen-bond acceptors (Lipinski definition) is 3. The number of fused-ring (bicyclic) bond motifs is 1. The number of carbonyl (C=O) groups excluding carboxylic acids is 1. The molecule has 0 saturated carbocycles. The number of carbonyl (C=O) groups is 1. The van der Waals surface area contributed by atoms with Crippen LogP contribution in [-0.2, 0) is 6.18 Å². The first-order chi connectivity index (χ1) is 18.4. The molecule has 2 heterocycles. The summed E-state index contributed by atoms with van der Waals surface area (Å²) in [6.45, 7) is 0. The molecule has 4 aromatic carbocycles. The molecule has 0 aliphatic rings. The quantitative estimate of drug-likeness (QED) is 0.252. The second-order valence-electron chi connectivity index (χ2n) is 8.68. The topological polar surface area (TPSA) is 52.7 Å². The van der Waals surface area contributed by atoms with Crippen molar-refractivity contribution in [3.8, 4) is 28.3 Å². The Morgan fingerprint density at radius 3 is 2.05 bits per heavy atom. The van der Waals surface area contributed by atoms with Gasteiger partial charge in [-0.15, -0.1) is 0 Å². The Hall–Kier alpha value is -4.98. The van der Waals surface area contributed by atoms with Crippen LogP contribution in [0.5, 0.6) is 0 Å². The number of alkyl halides is 3. The Balaban J connectivity index is 1.60. The molecule has 0 aliphatic heterocycles. The standard InChI is InChI=1S/C30H19F3N4O/c31-30(32,33)22-17-15-20(16-18-22)27-24(19-36(35-27)23-11-5-2-6-12-23)28-34-25-13-7-8-14-26(25)37(28)29(38)21-9-3-1-4-10-21/h1-19H. The third kappa shape index (κ3) is 4.16. The van der Waals surface area contributed by atoms with Crippen molar-refractivity contribution in [2.24, 2.45) is 0 Å². The lowest BCUT2D eigenvalue weighted by Gasteiger charge is -2.09. The van der Waals surface area contributed by atoms with E-state index < -0.39 is 11.7 Å². The molecule has 2 aromatic heterocycles. The van der Waals surface area contributed by atoms with Gasteiger partial charge in [-0.2, -0.15) is 18.3 Å². The Labute approximate surface area is 215 Å². The van der Waals surface area contributed by atoms with E-state index in [2.05, 4.69) is 0 Å². The van der Waals surface area contributed by atoms with Gasteiger partial charge in [0.2, 0.25) is 0 Å². The Kier molecular flexibility index (Phi) is 5.64. The zero-order valence-corrected chi connectivity index (χ0v) is 19.8. The number of benzene rings is 4. The van der Waals surface area contributed by atoms with Gasteiger partial charge >= 0.3 is 6.18 Å². The summed E-state index contributed by atoms with van der Waals surface area (Å²) in [5.41, 5.74) is 3.08. The van der Waals surface area contributed by atoms with Gasteiger partial charge in [0.1, 0.15) is 5.69 Å². The maximum atomic E-state index is 13.8. The highest BCUT2D eigenvalue weighted by Gasteiger charge is 2.30. The van der Waals surface area contributed by atoms with Gasteiger partial charge in [-0.05, 0) is 48.5 Å². The molecule has 0 N–H and O–H groups in total. The summed E-state index contributed by atoms with van der Waals surface area (Å²) >= 11 is 0. The van der Waals surface area contributed by atoms with Crippen molar-refractivity contribution in [2.75, 3.05) is 0 Å². The number of halogens is 3. The fraction of sp³-hybridized carbons (Fsp3) is 0.0333. The monoisotopic (exact) mass is 508 g/mol. The van der Waals surface area contributed by atoms with E-state index in [0.29, 0.717) is 39.2 Å². The number of hydrogen-bond donors (Lipinski definition) is 0. The van der Waals surface area contributed by atoms with E-state index in [-0.39, 0.29) is 5.91 Å². The van der Waals surface area contributed by atoms with Crippen LogP contribution in [0.4, 0.5) is 13.2 Å². The predicted molar refractivity (Wildman–Crippen MR) is 139 cm³/mol. The van der Waals surface area contributed by atoms with Crippen molar-refractivity contribution in [3.05, 3.63) is 127 Å². The Bertz CT molecular complexity index is 1750. The number of aromatic nitrogens is 4. The SMILES string of the molecule is O=C(c1ccccc1)n1c(-c2cn(-c3ccccc3)nc2-c2ccc(C(F)(F)F)cc2)nc2ccccc21. The Morgan fingerprint density at radius 1 is 0.737 bits per heavy atom. The fourth-order valence-electron chi connectivity index (χ4n) is 4.40. The van der Waals surface area contributed by atoms with E-state index in [1.165, 1.54) is 16.7 Å². The van der Waals surface area contributed by atoms with Crippen LogP contribution in [0.3, 0.4) is 0 Å². The molecule has 6 rings (SSSR count). The highest BCUT2D eigenvalue weighted by molar-refractivity contribution is 6.04.